The minimum atomic E-state index is -0.382. The van der Waals surface area contributed by atoms with Gasteiger partial charge in [0.1, 0.15) is 0 Å². The number of rotatable bonds is 3. The van der Waals surface area contributed by atoms with Crippen molar-refractivity contribution in [3.8, 4) is 0 Å². The zero-order valence-corrected chi connectivity index (χ0v) is 15.1. The maximum absolute atomic E-state index is 13.3. The second-order valence-electron chi connectivity index (χ2n) is 7.50. The Bertz CT molecular complexity index is 626. The fourth-order valence-electron chi connectivity index (χ4n) is 4.69. The highest BCUT2D eigenvalue weighted by Crippen LogP contribution is 2.45. The van der Waals surface area contributed by atoms with E-state index in [1.165, 1.54) is 4.88 Å². The molecular weight excluding hydrogens is 322 g/mol. The molecule has 3 aliphatic rings. The summed E-state index contributed by atoms with van der Waals surface area (Å²) in [6.07, 6.45) is 2.23. The molecule has 4 rings (SSSR count). The lowest BCUT2D eigenvalue weighted by Crippen LogP contribution is -2.49. The zero-order valence-electron chi connectivity index (χ0n) is 14.2. The van der Waals surface area contributed by atoms with E-state index in [1.54, 1.807) is 18.3 Å². The molecule has 6 heteroatoms. The second-order valence-corrected chi connectivity index (χ2v) is 8.53. The number of hydrogen-bond acceptors (Lipinski definition) is 4. The lowest BCUT2D eigenvalue weighted by atomic mass is 9.79. The Hall–Kier alpha value is -1.40. The van der Waals surface area contributed by atoms with Crippen LogP contribution < -0.4 is 0 Å². The van der Waals surface area contributed by atoms with Crippen LogP contribution in [0.5, 0.6) is 0 Å². The summed E-state index contributed by atoms with van der Waals surface area (Å²) in [6.45, 7) is 7.35. The molecule has 3 fully saturated rings. The van der Waals surface area contributed by atoms with Gasteiger partial charge in [0.15, 0.2) is 0 Å². The van der Waals surface area contributed by atoms with Gasteiger partial charge in [-0.05, 0) is 24.3 Å². The van der Waals surface area contributed by atoms with Crippen molar-refractivity contribution >= 4 is 23.2 Å². The highest BCUT2D eigenvalue weighted by molar-refractivity contribution is 7.09. The smallest absolute Gasteiger partial charge is 0.232 e. The van der Waals surface area contributed by atoms with Crippen LogP contribution in [0.4, 0.5) is 0 Å². The first kappa shape index (κ1) is 16.1. The summed E-state index contributed by atoms with van der Waals surface area (Å²) < 4.78 is 0. The number of thiophene rings is 1. The normalized spacial score (nSPS) is 30.1. The molecule has 2 amide bonds. The van der Waals surface area contributed by atoms with Gasteiger partial charge >= 0.3 is 0 Å². The van der Waals surface area contributed by atoms with Crippen LogP contribution in [-0.4, -0.2) is 65.8 Å². The summed E-state index contributed by atoms with van der Waals surface area (Å²) in [5, 5.41) is 2.11. The average molecular weight is 347 g/mol. The number of carbonyl (C=O) groups is 2. The van der Waals surface area contributed by atoms with Crippen molar-refractivity contribution in [3.63, 3.8) is 0 Å². The Morgan fingerprint density at radius 3 is 2.67 bits per heavy atom. The van der Waals surface area contributed by atoms with E-state index in [-0.39, 0.29) is 17.2 Å². The van der Waals surface area contributed by atoms with Crippen LogP contribution >= 0.6 is 11.3 Å². The first-order chi connectivity index (χ1) is 11.6. The third kappa shape index (κ3) is 2.65. The molecule has 0 N–H and O–H groups in total. The van der Waals surface area contributed by atoms with Crippen LogP contribution in [0.15, 0.2) is 17.5 Å². The Kier molecular flexibility index (Phi) is 4.12. The summed E-state index contributed by atoms with van der Waals surface area (Å²) in [6, 6.07) is 4.25. The van der Waals surface area contributed by atoms with E-state index >= 15 is 0 Å². The predicted molar refractivity (Wildman–Crippen MR) is 93.6 cm³/mol. The molecule has 0 aliphatic carbocycles. The topological polar surface area (TPSA) is 43.9 Å². The number of hydrogen-bond donors (Lipinski definition) is 0. The van der Waals surface area contributed by atoms with E-state index in [0.717, 1.165) is 52.1 Å². The molecule has 3 aliphatic heterocycles. The van der Waals surface area contributed by atoms with Crippen LogP contribution in [0.25, 0.3) is 0 Å². The van der Waals surface area contributed by atoms with Gasteiger partial charge in [0, 0.05) is 63.5 Å². The van der Waals surface area contributed by atoms with Gasteiger partial charge in [0.05, 0.1) is 5.41 Å². The van der Waals surface area contributed by atoms with Crippen LogP contribution in [0.3, 0.4) is 0 Å². The number of nitrogens with zero attached hydrogens (tertiary/aromatic N) is 3. The van der Waals surface area contributed by atoms with E-state index in [4.69, 9.17) is 0 Å². The minimum Gasteiger partial charge on any atom is -0.342 e. The standard InChI is InChI=1S/C18H25N3O2S/c1-14(22)21-10-15-9-19(11-16-5-4-8-24-16)12-18(15,13-21)17(23)20-6-2-3-7-20/h4-5,8,15H,2-3,6-7,9-13H2,1H3/t15-,18-/m1/s1. The van der Waals surface area contributed by atoms with Crippen LogP contribution in [0.2, 0.25) is 0 Å². The van der Waals surface area contributed by atoms with Gasteiger partial charge in [-0.25, -0.2) is 0 Å². The van der Waals surface area contributed by atoms with Crippen LogP contribution in [0.1, 0.15) is 24.6 Å². The fourth-order valence-corrected chi connectivity index (χ4v) is 5.44. The van der Waals surface area contributed by atoms with E-state index in [2.05, 4.69) is 22.4 Å². The molecule has 0 unspecified atom stereocenters. The summed E-state index contributed by atoms with van der Waals surface area (Å²) in [5.74, 6) is 0.666. The summed E-state index contributed by atoms with van der Waals surface area (Å²) in [4.78, 5) is 32.9. The highest BCUT2D eigenvalue weighted by atomic mass is 32.1. The maximum atomic E-state index is 13.3. The summed E-state index contributed by atoms with van der Waals surface area (Å²) in [5.41, 5.74) is -0.382. The van der Waals surface area contributed by atoms with Gasteiger partial charge in [0.25, 0.3) is 0 Å². The van der Waals surface area contributed by atoms with Gasteiger partial charge in [-0.1, -0.05) is 6.07 Å². The van der Waals surface area contributed by atoms with Crippen molar-refractivity contribution in [2.24, 2.45) is 11.3 Å². The quantitative estimate of drug-likeness (QED) is 0.835. The van der Waals surface area contributed by atoms with Crippen molar-refractivity contribution in [2.45, 2.75) is 26.3 Å². The molecule has 0 radical (unpaired) electrons. The Morgan fingerprint density at radius 2 is 2.00 bits per heavy atom. The molecule has 2 atom stereocenters. The number of amides is 2. The molecule has 3 saturated heterocycles. The van der Waals surface area contributed by atoms with E-state index in [0.29, 0.717) is 12.5 Å². The summed E-state index contributed by atoms with van der Waals surface area (Å²) in [7, 11) is 0. The third-order valence-electron chi connectivity index (χ3n) is 5.90. The van der Waals surface area contributed by atoms with E-state index in [1.807, 2.05) is 9.80 Å². The maximum Gasteiger partial charge on any atom is 0.232 e. The van der Waals surface area contributed by atoms with Gasteiger partial charge in [-0.3, -0.25) is 14.5 Å². The molecular formula is C18H25N3O2S. The van der Waals surface area contributed by atoms with Crippen LogP contribution in [0, 0.1) is 11.3 Å². The molecule has 24 heavy (non-hydrogen) atoms. The number of likely N-dealkylation sites (tertiary alicyclic amines) is 3. The number of carbonyl (C=O) groups excluding carboxylic acids is 2. The molecule has 1 aromatic rings. The molecule has 1 aromatic heterocycles. The first-order valence-electron chi connectivity index (χ1n) is 8.88. The second kappa shape index (κ2) is 6.15. The highest BCUT2D eigenvalue weighted by Gasteiger charge is 2.58. The average Bonchev–Trinajstić information content (AvgIpc) is 3.30. The van der Waals surface area contributed by atoms with Crippen molar-refractivity contribution in [3.05, 3.63) is 22.4 Å². The third-order valence-corrected chi connectivity index (χ3v) is 6.76. The Morgan fingerprint density at radius 1 is 1.21 bits per heavy atom. The van der Waals surface area contributed by atoms with Crippen molar-refractivity contribution < 1.29 is 9.59 Å². The molecule has 4 heterocycles. The zero-order chi connectivity index (χ0) is 16.7. The van der Waals surface area contributed by atoms with Gasteiger partial charge in [-0.2, -0.15) is 0 Å². The predicted octanol–water partition coefficient (Wildman–Crippen LogP) is 1.65. The molecule has 0 aromatic carbocycles. The summed E-state index contributed by atoms with van der Waals surface area (Å²) >= 11 is 1.77. The van der Waals surface area contributed by atoms with Gasteiger partial charge in [-0.15, -0.1) is 11.3 Å². The van der Waals surface area contributed by atoms with Crippen LogP contribution in [-0.2, 0) is 16.1 Å². The minimum absolute atomic E-state index is 0.0998. The lowest BCUT2D eigenvalue weighted by Gasteiger charge is -2.32. The van der Waals surface area contributed by atoms with Gasteiger partial charge < -0.3 is 9.80 Å². The molecule has 130 valence electrons. The number of fused-ring (bicyclic) bond motifs is 1. The fraction of sp³-hybridized carbons (Fsp3) is 0.667. The SMILES string of the molecule is CC(=O)N1C[C@H]2CN(Cc3cccs3)C[C@@]2(C(=O)N2CCCC2)C1. The van der Waals surface area contributed by atoms with E-state index in [9.17, 15) is 9.59 Å². The lowest BCUT2D eigenvalue weighted by molar-refractivity contribution is -0.141. The van der Waals surface area contributed by atoms with Gasteiger partial charge in [0.2, 0.25) is 11.8 Å². The molecule has 0 saturated carbocycles. The molecule has 5 nitrogen and oxygen atoms in total. The van der Waals surface area contributed by atoms with Crippen molar-refractivity contribution in [1.29, 1.82) is 0 Å². The van der Waals surface area contributed by atoms with Crippen molar-refractivity contribution in [1.82, 2.24) is 14.7 Å². The molecule has 0 spiro atoms. The molecule has 0 bridgehead atoms. The Labute approximate surface area is 147 Å². The van der Waals surface area contributed by atoms with Crippen molar-refractivity contribution in [2.75, 3.05) is 39.3 Å². The Balaban J connectivity index is 1.56. The first-order valence-corrected chi connectivity index (χ1v) is 9.76. The largest absolute Gasteiger partial charge is 0.342 e. The van der Waals surface area contributed by atoms with E-state index < -0.39 is 0 Å². The monoisotopic (exact) mass is 347 g/mol.